The minimum absolute atomic E-state index is 0.00471. The highest BCUT2D eigenvalue weighted by molar-refractivity contribution is 7.86. The Balaban J connectivity index is 2.17. The lowest BCUT2D eigenvalue weighted by molar-refractivity contribution is 0.102. The van der Waals surface area contributed by atoms with Gasteiger partial charge in [-0.15, -0.1) is 0 Å². The lowest BCUT2D eigenvalue weighted by Gasteiger charge is -2.10. The molecule has 2 aromatic carbocycles. The van der Waals surface area contributed by atoms with Gasteiger partial charge in [-0.1, -0.05) is 32.0 Å². The van der Waals surface area contributed by atoms with Gasteiger partial charge in [0.2, 0.25) is 0 Å². The minimum atomic E-state index is -3.79. The highest BCUT2D eigenvalue weighted by Crippen LogP contribution is 2.20. The topological polar surface area (TPSA) is 72.5 Å². The van der Waals surface area contributed by atoms with Gasteiger partial charge in [0.15, 0.2) is 0 Å². The summed E-state index contributed by atoms with van der Waals surface area (Å²) in [4.78, 5) is 12.3. The molecule has 0 aliphatic rings. The number of hydrogen-bond donors (Lipinski definition) is 1. The van der Waals surface area contributed by atoms with E-state index in [1.807, 2.05) is 12.1 Å². The van der Waals surface area contributed by atoms with E-state index in [2.05, 4.69) is 23.3 Å². The Hall–Kier alpha value is -2.18. The maximum atomic E-state index is 12.3. The van der Waals surface area contributed by atoms with Crippen LogP contribution in [-0.2, 0) is 14.3 Å². The molecule has 0 spiro atoms. The van der Waals surface area contributed by atoms with E-state index in [1.165, 1.54) is 17.7 Å². The van der Waals surface area contributed by atoms with Crippen molar-refractivity contribution in [3.05, 3.63) is 59.7 Å². The molecular weight excluding hydrogens is 326 g/mol. The molecule has 2 aromatic rings. The summed E-state index contributed by atoms with van der Waals surface area (Å²) in [6.07, 6.45) is 1.03. The maximum Gasteiger partial charge on any atom is 0.296 e. The molecule has 0 saturated heterocycles. The number of benzene rings is 2. The molecular formula is C18H21NO4S. The zero-order valence-corrected chi connectivity index (χ0v) is 14.8. The van der Waals surface area contributed by atoms with Gasteiger partial charge in [-0.2, -0.15) is 8.42 Å². The van der Waals surface area contributed by atoms with Crippen molar-refractivity contribution < 1.29 is 17.4 Å². The molecule has 6 heteroatoms. The van der Waals surface area contributed by atoms with E-state index >= 15 is 0 Å². The SMILES string of the molecule is CCC(C)c1ccc(C(=O)Nc2cccc(S(=O)(=O)OC)c2)cc1. The molecule has 0 aliphatic heterocycles. The van der Waals surface area contributed by atoms with Crippen molar-refractivity contribution in [2.24, 2.45) is 0 Å². The van der Waals surface area contributed by atoms with Gasteiger partial charge in [0.05, 0.1) is 12.0 Å². The Morgan fingerprint density at radius 3 is 2.42 bits per heavy atom. The summed E-state index contributed by atoms with van der Waals surface area (Å²) in [6.45, 7) is 4.25. The molecule has 128 valence electrons. The van der Waals surface area contributed by atoms with Crippen molar-refractivity contribution in [3.63, 3.8) is 0 Å². The van der Waals surface area contributed by atoms with Crippen molar-refractivity contribution in [1.29, 1.82) is 0 Å². The van der Waals surface area contributed by atoms with Gasteiger partial charge in [0, 0.05) is 11.3 Å². The summed E-state index contributed by atoms with van der Waals surface area (Å²) in [5, 5.41) is 2.70. The summed E-state index contributed by atoms with van der Waals surface area (Å²) in [7, 11) is -2.69. The fraction of sp³-hybridized carbons (Fsp3) is 0.278. The van der Waals surface area contributed by atoms with Gasteiger partial charge < -0.3 is 5.32 Å². The number of rotatable bonds is 6. The molecule has 24 heavy (non-hydrogen) atoms. The van der Waals surface area contributed by atoms with Gasteiger partial charge in [0.1, 0.15) is 0 Å². The first-order valence-electron chi connectivity index (χ1n) is 7.69. The number of anilines is 1. The van der Waals surface area contributed by atoms with E-state index in [0.29, 0.717) is 17.2 Å². The van der Waals surface area contributed by atoms with E-state index in [4.69, 9.17) is 0 Å². The van der Waals surface area contributed by atoms with Crippen LogP contribution in [0.5, 0.6) is 0 Å². The van der Waals surface area contributed by atoms with Crippen LogP contribution in [0.25, 0.3) is 0 Å². The first-order chi connectivity index (χ1) is 11.4. The van der Waals surface area contributed by atoms with Crippen LogP contribution in [0.4, 0.5) is 5.69 Å². The Kier molecular flexibility index (Phi) is 5.75. The molecule has 1 atom stereocenters. The molecule has 0 aromatic heterocycles. The second-order valence-corrected chi connectivity index (χ2v) is 7.25. The molecule has 0 bridgehead atoms. The van der Waals surface area contributed by atoms with Crippen LogP contribution < -0.4 is 5.32 Å². The van der Waals surface area contributed by atoms with Crippen molar-refractivity contribution in [2.45, 2.75) is 31.1 Å². The van der Waals surface area contributed by atoms with Crippen molar-refractivity contribution in [3.8, 4) is 0 Å². The second-order valence-electron chi connectivity index (χ2n) is 5.53. The third-order valence-electron chi connectivity index (χ3n) is 3.95. The van der Waals surface area contributed by atoms with Gasteiger partial charge in [-0.3, -0.25) is 8.98 Å². The van der Waals surface area contributed by atoms with E-state index in [1.54, 1.807) is 24.3 Å². The Bertz CT molecular complexity index is 813. The van der Waals surface area contributed by atoms with Crippen LogP contribution in [0.3, 0.4) is 0 Å². The summed E-state index contributed by atoms with van der Waals surface area (Å²) >= 11 is 0. The van der Waals surface area contributed by atoms with Crippen molar-refractivity contribution in [2.75, 3.05) is 12.4 Å². The van der Waals surface area contributed by atoms with Crippen LogP contribution in [0.1, 0.15) is 42.1 Å². The lowest BCUT2D eigenvalue weighted by atomic mass is 9.97. The fourth-order valence-electron chi connectivity index (χ4n) is 2.23. The zero-order chi connectivity index (χ0) is 17.7. The van der Waals surface area contributed by atoms with Crippen LogP contribution >= 0.6 is 0 Å². The first-order valence-corrected chi connectivity index (χ1v) is 9.10. The Morgan fingerprint density at radius 1 is 1.17 bits per heavy atom. The molecule has 1 unspecified atom stereocenters. The van der Waals surface area contributed by atoms with Gasteiger partial charge in [-0.25, -0.2) is 0 Å². The first kappa shape index (κ1) is 18.2. The fourth-order valence-corrected chi connectivity index (χ4v) is 2.94. The van der Waals surface area contributed by atoms with Crippen LogP contribution in [0.2, 0.25) is 0 Å². The quantitative estimate of drug-likeness (QED) is 0.807. The normalized spacial score (nSPS) is 12.6. The summed E-state index contributed by atoms with van der Waals surface area (Å²) in [5.41, 5.74) is 2.09. The smallest absolute Gasteiger partial charge is 0.296 e. The molecule has 5 nitrogen and oxygen atoms in total. The Morgan fingerprint density at radius 2 is 1.83 bits per heavy atom. The summed E-state index contributed by atoms with van der Waals surface area (Å²) in [6, 6.07) is 13.4. The second kappa shape index (κ2) is 7.59. The minimum Gasteiger partial charge on any atom is -0.322 e. The number of carbonyl (C=O) groups excluding carboxylic acids is 1. The third kappa shape index (κ3) is 4.21. The largest absolute Gasteiger partial charge is 0.322 e. The van der Waals surface area contributed by atoms with Crippen molar-refractivity contribution in [1.82, 2.24) is 0 Å². The maximum absolute atomic E-state index is 12.3. The molecule has 1 N–H and O–H groups in total. The van der Waals surface area contributed by atoms with E-state index in [9.17, 15) is 13.2 Å². The average molecular weight is 347 g/mol. The number of carbonyl (C=O) groups is 1. The summed E-state index contributed by atoms with van der Waals surface area (Å²) in [5.74, 6) is 0.149. The van der Waals surface area contributed by atoms with Crippen LogP contribution in [0, 0.1) is 0 Å². The van der Waals surface area contributed by atoms with Crippen molar-refractivity contribution >= 4 is 21.7 Å². The molecule has 0 fully saturated rings. The third-order valence-corrected chi connectivity index (χ3v) is 5.22. The predicted molar refractivity (Wildman–Crippen MR) is 93.7 cm³/mol. The monoisotopic (exact) mass is 347 g/mol. The molecule has 1 amide bonds. The van der Waals surface area contributed by atoms with E-state index in [-0.39, 0.29) is 10.8 Å². The van der Waals surface area contributed by atoms with Crippen LogP contribution in [-0.4, -0.2) is 21.4 Å². The molecule has 0 heterocycles. The highest BCUT2D eigenvalue weighted by atomic mass is 32.2. The van der Waals surface area contributed by atoms with Gasteiger partial charge in [-0.05, 0) is 48.2 Å². The highest BCUT2D eigenvalue weighted by Gasteiger charge is 2.14. The average Bonchev–Trinajstić information content (AvgIpc) is 2.61. The number of hydrogen-bond acceptors (Lipinski definition) is 4. The van der Waals surface area contributed by atoms with Gasteiger partial charge >= 0.3 is 0 Å². The lowest BCUT2D eigenvalue weighted by Crippen LogP contribution is -2.12. The van der Waals surface area contributed by atoms with E-state index in [0.717, 1.165) is 13.5 Å². The van der Waals surface area contributed by atoms with Gasteiger partial charge in [0.25, 0.3) is 16.0 Å². The Labute approximate surface area is 142 Å². The number of amides is 1. The summed E-state index contributed by atoms with van der Waals surface area (Å²) < 4.78 is 27.9. The van der Waals surface area contributed by atoms with E-state index < -0.39 is 10.1 Å². The molecule has 2 rings (SSSR count). The predicted octanol–water partition coefficient (Wildman–Crippen LogP) is 3.79. The zero-order valence-electron chi connectivity index (χ0n) is 13.9. The molecule has 0 saturated carbocycles. The molecule has 0 aliphatic carbocycles. The standard InChI is InChI=1S/C18H21NO4S/c1-4-13(2)14-8-10-15(11-9-14)18(20)19-16-6-5-7-17(12-16)24(21,22)23-3/h5-13H,4H2,1-3H3,(H,19,20). The molecule has 0 radical (unpaired) electrons. The number of nitrogens with one attached hydrogen (secondary N) is 1. The van der Waals surface area contributed by atoms with Crippen LogP contribution in [0.15, 0.2) is 53.4 Å².